The molecule has 1 saturated heterocycles. The van der Waals surface area contributed by atoms with Gasteiger partial charge in [-0.15, -0.1) is 0 Å². The Kier molecular flexibility index (Phi) is 4.79. The van der Waals surface area contributed by atoms with Gasteiger partial charge in [-0.1, -0.05) is 0 Å². The normalized spacial score (nSPS) is 20.8. The van der Waals surface area contributed by atoms with Crippen molar-refractivity contribution < 1.29 is 22.3 Å². The van der Waals surface area contributed by atoms with Gasteiger partial charge in [0.2, 0.25) is 5.91 Å². The zero-order valence-electron chi connectivity index (χ0n) is 11.6. The van der Waals surface area contributed by atoms with Crippen molar-refractivity contribution in [2.24, 2.45) is 0 Å². The van der Waals surface area contributed by atoms with E-state index < -0.39 is 21.7 Å². The fourth-order valence-electron chi connectivity index (χ4n) is 2.17. The predicted octanol–water partition coefficient (Wildman–Crippen LogP) is 0.549. The lowest BCUT2D eigenvalue weighted by atomic mass is 10.2. The molecule has 1 aliphatic rings. The first kappa shape index (κ1) is 15.7. The molecule has 0 aromatic heterocycles. The maximum Gasteiger partial charge on any atom is 0.225 e. The largest absolute Gasteiger partial charge is 0.494 e. The summed E-state index contributed by atoms with van der Waals surface area (Å²) in [6.45, 7) is 0.352. The maximum absolute atomic E-state index is 13.3. The van der Waals surface area contributed by atoms with Gasteiger partial charge >= 0.3 is 0 Å². The molecule has 1 aromatic rings. The Morgan fingerprint density at radius 2 is 2.29 bits per heavy atom. The predicted molar refractivity (Wildman–Crippen MR) is 76.6 cm³/mol. The molecule has 116 valence electrons. The average Bonchev–Trinajstić information content (AvgIpc) is 2.39. The molecule has 6 nitrogen and oxygen atoms in total. The number of rotatable bonds is 4. The molecule has 1 aliphatic heterocycles. The summed E-state index contributed by atoms with van der Waals surface area (Å²) in [6, 6.07) is 3.59. The first-order chi connectivity index (χ1) is 9.89. The minimum Gasteiger partial charge on any atom is -0.494 e. The SMILES string of the molecule is COc1cc(NC(=O)CC2CS(=O)(=O)CCN2)ccc1F. The molecule has 1 amide bonds. The van der Waals surface area contributed by atoms with Gasteiger partial charge in [0.15, 0.2) is 21.4 Å². The van der Waals surface area contributed by atoms with Crippen LogP contribution < -0.4 is 15.4 Å². The van der Waals surface area contributed by atoms with Gasteiger partial charge in [0, 0.05) is 30.8 Å². The van der Waals surface area contributed by atoms with E-state index >= 15 is 0 Å². The standard InChI is InChI=1S/C13H17FN2O4S/c1-20-12-6-9(2-3-11(12)14)16-13(17)7-10-8-21(18,19)5-4-15-10/h2-3,6,10,15H,4-5,7-8H2,1H3,(H,16,17). The van der Waals surface area contributed by atoms with Crippen molar-refractivity contribution in [3.63, 3.8) is 0 Å². The Bertz CT molecular complexity index is 633. The van der Waals surface area contributed by atoms with Gasteiger partial charge in [0.25, 0.3) is 0 Å². The monoisotopic (exact) mass is 316 g/mol. The van der Waals surface area contributed by atoms with Crippen LogP contribution in [0.5, 0.6) is 5.75 Å². The number of sulfone groups is 1. The van der Waals surface area contributed by atoms with Crippen molar-refractivity contribution in [2.75, 3.05) is 30.5 Å². The fraction of sp³-hybridized carbons (Fsp3) is 0.462. The highest BCUT2D eigenvalue weighted by atomic mass is 32.2. The van der Waals surface area contributed by atoms with Crippen LogP contribution in [0.15, 0.2) is 18.2 Å². The molecule has 1 atom stereocenters. The Labute approximate surface area is 122 Å². The van der Waals surface area contributed by atoms with Gasteiger partial charge in [0.1, 0.15) is 0 Å². The summed E-state index contributed by atoms with van der Waals surface area (Å²) in [4.78, 5) is 11.9. The number of hydrogen-bond acceptors (Lipinski definition) is 5. The number of halogens is 1. The number of carbonyl (C=O) groups is 1. The van der Waals surface area contributed by atoms with E-state index in [0.717, 1.165) is 0 Å². The van der Waals surface area contributed by atoms with Crippen LogP contribution in [-0.2, 0) is 14.6 Å². The summed E-state index contributed by atoms with van der Waals surface area (Å²) >= 11 is 0. The third kappa shape index (κ3) is 4.40. The minimum absolute atomic E-state index is 0.0335. The van der Waals surface area contributed by atoms with Crippen molar-refractivity contribution >= 4 is 21.4 Å². The quantitative estimate of drug-likeness (QED) is 0.847. The topological polar surface area (TPSA) is 84.5 Å². The van der Waals surface area contributed by atoms with E-state index in [9.17, 15) is 17.6 Å². The smallest absolute Gasteiger partial charge is 0.225 e. The van der Waals surface area contributed by atoms with Crippen molar-refractivity contribution in [3.05, 3.63) is 24.0 Å². The lowest BCUT2D eigenvalue weighted by Gasteiger charge is -2.23. The van der Waals surface area contributed by atoms with E-state index in [1.807, 2.05) is 0 Å². The third-order valence-electron chi connectivity index (χ3n) is 3.17. The van der Waals surface area contributed by atoms with Crippen LogP contribution in [-0.4, -0.2) is 45.5 Å². The van der Waals surface area contributed by atoms with Crippen LogP contribution in [0.3, 0.4) is 0 Å². The van der Waals surface area contributed by atoms with Gasteiger partial charge < -0.3 is 15.4 Å². The third-order valence-corrected chi connectivity index (χ3v) is 4.90. The second-order valence-corrected chi connectivity index (χ2v) is 7.10. The Morgan fingerprint density at radius 3 is 2.95 bits per heavy atom. The first-order valence-electron chi connectivity index (χ1n) is 6.47. The fourth-order valence-corrected chi connectivity index (χ4v) is 3.62. The van der Waals surface area contributed by atoms with Gasteiger partial charge in [-0.05, 0) is 12.1 Å². The number of amides is 1. The van der Waals surface area contributed by atoms with Crippen LogP contribution in [0.4, 0.5) is 10.1 Å². The van der Waals surface area contributed by atoms with E-state index in [2.05, 4.69) is 10.6 Å². The highest BCUT2D eigenvalue weighted by molar-refractivity contribution is 7.91. The van der Waals surface area contributed by atoms with E-state index in [1.54, 1.807) is 0 Å². The summed E-state index contributed by atoms with van der Waals surface area (Å²) in [6.07, 6.45) is 0.0406. The first-order valence-corrected chi connectivity index (χ1v) is 8.29. The molecular formula is C13H17FN2O4S. The summed E-state index contributed by atoms with van der Waals surface area (Å²) in [5, 5.41) is 5.60. The van der Waals surface area contributed by atoms with Crippen molar-refractivity contribution in [3.8, 4) is 5.75 Å². The van der Waals surface area contributed by atoms with E-state index in [1.165, 1.54) is 25.3 Å². The number of methoxy groups -OCH3 is 1. The molecule has 0 saturated carbocycles. The average molecular weight is 316 g/mol. The zero-order valence-corrected chi connectivity index (χ0v) is 12.4. The number of carbonyl (C=O) groups excluding carboxylic acids is 1. The Hall–Kier alpha value is -1.67. The van der Waals surface area contributed by atoms with E-state index in [0.29, 0.717) is 12.2 Å². The van der Waals surface area contributed by atoms with Gasteiger partial charge in [-0.25, -0.2) is 12.8 Å². The minimum atomic E-state index is -3.08. The molecule has 1 aromatic carbocycles. The number of hydrogen-bond donors (Lipinski definition) is 2. The van der Waals surface area contributed by atoms with Gasteiger partial charge in [-0.3, -0.25) is 4.79 Å². The lowest BCUT2D eigenvalue weighted by molar-refractivity contribution is -0.116. The molecule has 21 heavy (non-hydrogen) atoms. The van der Waals surface area contributed by atoms with Crippen LogP contribution in [0.1, 0.15) is 6.42 Å². The summed E-state index contributed by atoms with van der Waals surface area (Å²) in [5.74, 6) is -0.770. The number of ether oxygens (including phenoxy) is 1. The molecule has 0 spiro atoms. The van der Waals surface area contributed by atoms with Crippen molar-refractivity contribution in [1.82, 2.24) is 5.32 Å². The van der Waals surface area contributed by atoms with Crippen LogP contribution >= 0.6 is 0 Å². The van der Waals surface area contributed by atoms with E-state index in [-0.39, 0.29) is 29.6 Å². The van der Waals surface area contributed by atoms with Crippen LogP contribution in [0.25, 0.3) is 0 Å². The molecule has 1 heterocycles. The van der Waals surface area contributed by atoms with E-state index in [4.69, 9.17) is 4.74 Å². The molecule has 0 bridgehead atoms. The second kappa shape index (κ2) is 6.40. The molecular weight excluding hydrogens is 299 g/mol. The zero-order chi connectivity index (χ0) is 15.5. The second-order valence-electron chi connectivity index (χ2n) is 4.87. The lowest BCUT2D eigenvalue weighted by Crippen LogP contribution is -2.46. The van der Waals surface area contributed by atoms with Gasteiger partial charge in [0.05, 0.1) is 18.6 Å². The Morgan fingerprint density at radius 1 is 1.52 bits per heavy atom. The summed E-state index contributed by atoms with van der Waals surface area (Å²) in [7, 11) is -1.74. The molecule has 0 aliphatic carbocycles. The molecule has 2 rings (SSSR count). The molecule has 8 heteroatoms. The molecule has 0 radical (unpaired) electrons. The number of anilines is 1. The van der Waals surface area contributed by atoms with Gasteiger partial charge in [-0.2, -0.15) is 0 Å². The van der Waals surface area contributed by atoms with Crippen LogP contribution in [0.2, 0.25) is 0 Å². The maximum atomic E-state index is 13.3. The summed E-state index contributed by atoms with van der Waals surface area (Å²) in [5.41, 5.74) is 0.400. The number of nitrogens with one attached hydrogen (secondary N) is 2. The van der Waals surface area contributed by atoms with Crippen molar-refractivity contribution in [2.45, 2.75) is 12.5 Å². The molecule has 1 fully saturated rings. The molecule has 2 N–H and O–H groups in total. The summed E-state index contributed by atoms with van der Waals surface area (Å²) < 4.78 is 41.1. The highest BCUT2D eigenvalue weighted by Crippen LogP contribution is 2.21. The van der Waals surface area contributed by atoms with Crippen molar-refractivity contribution in [1.29, 1.82) is 0 Å². The molecule has 1 unspecified atom stereocenters. The van der Waals surface area contributed by atoms with Crippen LogP contribution in [0, 0.1) is 5.82 Å². The number of benzene rings is 1. The highest BCUT2D eigenvalue weighted by Gasteiger charge is 2.26. The Balaban J connectivity index is 1.95.